The van der Waals surface area contributed by atoms with Crippen molar-refractivity contribution in [2.75, 3.05) is 0 Å². The number of nitrogens with zero attached hydrogens (tertiary/aromatic N) is 1. The second kappa shape index (κ2) is 3.13. The van der Waals surface area contributed by atoms with E-state index in [-0.39, 0.29) is 0 Å². The molecule has 0 saturated heterocycles. The summed E-state index contributed by atoms with van der Waals surface area (Å²) in [5.41, 5.74) is 0. The molecular weight excluding hydrogens is 96.9 g/mol. The first-order valence-electron chi connectivity index (χ1n) is 2.52. The topological polar surface area (TPSA) is 12.4 Å². The zero-order valence-corrected chi connectivity index (χ0v) is 4.49. The van der Waals surface area contributed by atoms with Gasteiger partial charge in [-0.3, -0.25) is 0 Å². The Morgan fingerprint density at radius 1 is 1.00 bits per heavy atom. The molecule has 1 heterocycles. The van der Waals surface area contributed by atoms with Crippen LogP contribution < -0.4 is 0 Å². The van der Waals surface area contributed by atoms with Crippen molar-refractivity contribution < 1.29 is 0 Å². The van der Waals surface area contributed by atoms with Gasteiger partial charge in [0.15, 0.2) is 0 Å². The first-order valence-corrected chi connectivity index (χ1v) is 2.52. The number of allylic oxidation sites excluding steroid dienone is 4. The van der Waals surface area contributed by atoms with Crippen LogP contribution in [0.1, 0.15) is 0 Å². The molecule has 0 bridgehead atoms. The van der Waals surface area contributed by atoms with E-state index in [0.717, 1.165) is 0 Å². The van der Waals surface area contributed by atoms with Gasteiger partial charge in [0.05, 0.1) is 0 Å². The van der Waals surface area contributed by atoms with Crippen molar-refractivity contribution in [3.8, 4) is 0 Å². The molecule has 0 aromatic carbocycles. The van der Waals surface area contributed by atoms with E-state index >= 15 is 0 Å². The van der Waals surface area contributed by atoms with Crippen LogP contribution in [0.2, 0.25) is 0 Å². The van der Waals surface area contributed by atoms with E-state index in [2.05, 4.69) is 4.90 Å². The van der Waals surface area contributed by atoms with Crippen molar-refractivity contribution in [2.45, 2.75) is 0 Å². The van der Waals surface area contributed by atoms with Gasteiger partial charge in [0.25, 0.3) is 0 Å². The van der Waals surface area contributed by atoms with Crippen LogP contribution in [0.3, 0.4) is 0 Å². The van der Waals surface area contributed by atoms with E-state index in [1.54, 1.807) is 13.3 Å². The number of hydrogen-bond donors (Lipinski definition) is 0. The third-order valence-corrected chi connectivity index (χ3v) is 0.789. The Bertz CT molecular complexity index is 109. The summed E-state index contributed by atoms with van der Waals surface area (Å²) in [4.78, 5) is 3.89. The van der Waals surface area contributed by atoms with E-state index in [0.29, 0.717) is 0 Å². The number of hydrogen-bond acceptors (Lipinski definition) is 1. The van der Waals surface area contributed by atoms with Crippen molar-refractivity contribution in [1.29, 1.82) is 0 Å². The molecule has 0 aromatic heterocycles. The minimum absolute atomic E-state index is 1.75. The van der Waals surface area contributed by atoms with Crippen molar-refractivity contribution >= 4 is 7.07 Å². The molecule has 2 heteroatoms. The summed E-state index contributed by atoms with van der Waals surface area (Å²) in [5, 5.41) is 0. The molecule has 8 heavy (non-hydrogen) atoms. The Balaban J connectivity index is 2.67. The van der Waals surface area contributed by atoms with Gasteiger partial charge in [0, 0.05) is 0 Å². The third-order valence-electron chi connectivity index (χ3n) is 0.789. The fraction of sp³-hybridized carbons (Fsp3) is 0. The second-order valence-corrected chi connectivity index (χ2v) is 1.41. The zero-order valence-electron chi connectivity index (χ0n) is 4.49. The van der Waals surface area contributed by atoms with Gasteiger partial charge in [-0.25, -0.2) is 0 Å². The van der Waals surface area contributed by atoms with E-state index in [9.17, 15) is 0 Å². The fourth-order valence-corrected chi connectivity index (χ4v) is 0.441. The van der Waals surface area contributed by atoms with Crippen LogP contribution in [0, 0.1) is 0 Å². The van der Waals surface area contributed by atoms with Crippen molar-refractivity contribution in [1.82, 2.24) is 0 Å². The molecule has 0 amide bonds. The molecule has 0 spiro atoms. The SMILES string of the molecule is B1=N/C=C\C=C/C=C1. The van der Waals surface area contributed by atoms with E-state index in [4.69, 9.17) is 0 Å². The van der Waals surface area contributed by atoms with Crippen LogP contribution in [-0.2, 0) is 0 Å². The van der Waals surface area contributed by atoms with Gasteiger partial charge in [-0.1, -0.05) is 0 Å². The summed E-state index contributed by atoms with van der Waals surface area (Å²) in [5.74, 6) is 1.89. The quantitative estimate of drug-likeness (QED) is 0.411. The Labute approximate surface area is 49.4 Å². The zero-order chi connectivity index (χ0) is 5.66. The number of rotatable bonds is 0. The van der Waals surface area contributed by atoms with E-state index < -0.39 is 0 Å². The maximum absolute atomic E-state index is 3.89. The first-order chi connectivity index (χ1) is 4.00. The van der Waals surface area contributed by atoms with Crippen LogP contribution in [0.5, 0.6) is 0 Å². The summed E-state index contributed by atoms with van der Waals surface area (Å²) >= 11 is 0. The van der Waals surface area contributed by atoms with Gasteiger partial charge in [-0.15, -0.1) is 0 Å². The van der Waals surface area contributed by atoms with Gasteiger partial charge in [0.1, 0.15) is 0 Å². The normalized spacial score (nSPS) is 23.0. The van der Waals surface area contributed by atoms with Gasteiger partial charge in [-0.2, -0.15) is 0 Å². The molecule has 1 aliphatic heterocycles. The first kappa shape index (κ1) is 5.23. The molecular formula is C6H6BN. The minimum atomic E-state index is 1.75. The van der Waals surface area contributed by atoms with E-state index in [1.165, 1.54) is 0 Å². The van der Waals surface area contributed by atoms with Crippen LogP contribution in [0.15, 0.2) is 41.4 Å². The average Bonchev–Trinajstić information content (AvgIpc) is 1.62. The molecule has 0 unspecified atom stereocenters. The summed E-state index contributed by atoms with van der Waals surface area (Å²) < 4.78 is 0. The molecule has 38 valence electrons. The van der Waals surface area contributed by atoms with Crippen LogP contribution in [0.4, 0.5) is 0 Å². The summed E-state index contributed by atoms with van der Waals surface area (Å²) in [6, 6.07) is 0. The van der Waals surface area contributed by atoms with Crippen molar-refractivity contribution in [3.63, 3.8) is 0 Å². The Kier molecular flexibility index (Phi) is 2.05. The van der Waals surface area contributed by atoms with Gasteiger partial charge in [-0.05, 0) is 0 Å². The van der Waals surface area contributed by atoms with Gasteiger partial charge >= 0.3 is 48.4 Å². The van der Waals surface area contributed by atoms with Gasteiger partial charge in [0.2, 0.25) is 0 Å². The Morgan fingerprint density at radius 3 is 2.88 bits per heavy atom. The molecule has 0 N–H and O–H groups in total. The molecule has 1 nitrogen and oxygen atoms in total. The standard InChI is InChI=1S/C6H6BN/c1-2-4-6-8-7-5-3-1/h1-6H/b2-1-,3-1?,4-2?,5-3?,6-4-,8-6?. The molecule has 0 aliphatic carbocycles. The second-order valence-electron chi connectivity index (χ2n) is 1.41. The van der Waals surface area contributed by atoms with Gasteiger partial charge < -0.3 is 0 Å². The average molecular weight is 103 g/mol. The molecule has 0 radical (unpaired) electrons. The summed E-state index contributed by atoms with van der Waals surface area (Å²) in [6.45, 7) is 0. The Morgan fingerprint density at radius 2 is 1.88 bits per heavy atom. The predicted octanol–water partition coefficient (Wildman–Crippen LogP) is 1.47. The monoisotopic (exact) mass is 103 g/mol. The predicted molar refractivity (Wildman–Crippen MR) is 35.6 cm³/mol. The van der Waals surface area contributed by atoms with Crippen molar-refractivity contribution in [3.05, 3.63) is 36.5 Å². The Hall–Kier alpha value is -0.915. The molecule has 1 aliphatic rings. The molecule has 0 saturated carbocycles. The van der Waals surface area contributed by atoms with Crippen molar-refractivity contribution in [2.24, 2.45) is 4.90 Å². The fourth-order valence-electron chi connectivity index (χ4n) is 0.441. The van der Waals surface area contributed by atoms with E-state index in [1.807, 2.05) is 30.3 Å². The van der Waals surface area contributed by atoms with Crippen LogP contribution in [-0.4, -0.2) is 7.07 Å². The van der Waals surface area contributed by atoms with Crippen LogP contribution >= 0.6 is 0 Å². The summed E-state index contributed by atoms with van der Waals surface area (Å²) in [7, 11) is 1.75. The molecule has 0 atom stereocenters. The molecule has 1 rings (SSSR count). The summed E-state index contributed by atoms with van der Waals surface area (Å²) in [6.07, 6.45) is 9.47. The third kappa shape index (κ3) is 1.69. The molecule has 0 aromatic rings. The maximum atomic E-state index is 3.89. The van der Waals surface area contributed by atoms with Crippen LogP contribution in [0.25, 0.3) is 0 Å². The molecule has 0 fully saturated rings.